The van der Waals surface area contributed by atoms with Crippen LogP contribution < -0.4 is 9.80 Å². The van der Waals surface area contributed by atoms with Crippen molar-refractivity contribution >= 4 is 186 Å². The Labute approximate surface area is 821 Å². The first-order valence-corrected chi connectivity index (χ1v) is 48.6. The fraction of sp³-hybridized carbons (Fsp3) is 0.0294. The van der Waals surface area contributed by atoms with Gasteiger partial charge in [-0.1, -0.05) is 367 Å². The van der Waals surface area contributed by atoms with E-state index >= 15 is 0 Å². The van der Waals surface area contributed by atoms with Crippen LogP contribution in [-0.4, -0.2) is 9.13 Å². The average Bonchev–Trinajstić information content (AvgIpc) is 1.62. The molecule has 1 aliphatic carbocycles. The van der Waals surface area contributed by atoms with Crippen LogP contribution in [0.4, 0.5) is 34.1 Å². The highest BCUT2D eigenvalue weighted by Gasteiger charge is 2.36. The molecule has 0 fully saturated rings. The van der Waals surface area contributed by atoms with Crippen LogP contribution in [0.2, 0.25) is 0 Å². The van der Waals surface area contributed by atoms with E-state index in [1.54, 1.807) is 0 Å². The lowest BCUT2D eigenvalue weighted by molar-refractivity contribution is 0.660. The standard InChI is InChI=1S/C69H46N2O.C66H42N2O.CH4/c1-69(2)62-24-12-10-21-55(62)56-35-29-46(41-63(56)69)45-31-38-65-61(40-45)60-39-44(30-37-64(60)71(65)47-15-4-3-5-16-47)43-27-32-48(33-28-43)70(66-25-14-23-58-57-22-11-13-26-67(57)72-68(58)66)49-34-36-54-52-19-7-6-17-50(52)51-18-8-9-20-53(51)59(54)42-49;1-3-14-43(15-4-1)44-26-28-45(29-27-44)47-32-38-62-60(40-47)61-41-48(33-39-63(61)68(62)49-16-5-2-6-17-49)46-30-34-50(35-31-46)67(64-24-13-23-58-57-22-11-12-25-65(57)69-66(58)64)51-36-37-56-54-20-8-7-18-52(54)53-19-9-10-21-55(53)59(56)42-51;/h3-42H,1-2H3;1-42H;1H4. The van der Waals surface area contributed by atoms with E-state index in [1.807, 2.05) is 12.1 Å². The Morgan fingerprint density at radius 2 is 0.458 bits per heavy atom. The van der Waals surface area contributed by atoms with Gasteiger partial charge in [-0.05, 0) is 294 Å². The molecule has 0 unspecified atom stereocenters. The van der Waals surface area contributed by atoms with Crippen LogP contribution in [0.3, 0.4) is 0 Å². The van der Waals surface area contributed by atoms with Crippen molar-refractivity contribution in [3.63, 3.8) is 0 Å². The van der Waals surface area contributed by atoms with Crippen molar-refractivity contribution in [2.45, 2.75) is 26.7 Å². The first-order valence-electron chi connectivity index (χ1n) is 48.6. The largest absolute Gasteiger partial charge is 0.454 e. The molecule has 0 amide bonds. The minimum atomic E-state index is -0.0721. The van der Waals surface area contributed by atoms with Gasteiger partial charge in [0, 0.05) is 82.6 Å². The summed E-state index contributed by atoms with van der Waals surface area (Å²) >= 11 is 0. The molecule has 0 saturated heterocycles. The predicted molar refractivity (Wildman–Crippen MR) is 602 cm³/mol. The molecule has 0 bridgehead atoms. The average molecular weight is 1810 g/mol. The fourth-order valence-electron chi connectivity index (χ4n) is 23.2. The highest BCUT2D eigenvalue weighted by atomic mass is 16.3. The van der Waals surface area contributed by atoms with Crippen molar-refractivity contribution in [1.82, 2.24) is 9.13 Å². The van der Waals surface area contributed by atoms with Gasteiger partial charge in [0.1, 0.15) is 11.2 Å². The van der Waals surface area contributed by atoms with Gasteiger partial charge in [0.25, 0.3) is 0 Å². The van der Waals surface area contributed by atoms with Gasteiger partial charge in [0.2, 0.25) is 0 Å². The lowest BCUT2D eigenvalue weighted by Crippen LogP contribution is -2.14. The smallest absolute Gasteiger partial charge is 0.159 e. The van der Waals surface area contributed by atoms with Crippen molar-refractivity contribution in [1.29, 1.82) is 0 Å². The quantitative estimate of drug-likeness (QED) is 0.108. The molecule has 28 aromatic rings. The van der Waals surface area contributed by atoms with E-state index in [-0.39, 0.29) is 12.8 Å². The second-order valence-corrected chi connectivity index (χ2v) is 38.1. The van der Waals surface area contributed by atoms with Gasteiger partial charge in [-0.25, -0.2) is 0 Å². The molecule has 24 aromatic carbocycles. The summed E-state index contributed by atoms with van der Waals surface area (Å²) in [6, 6.07) is 182. The molecule has 1 aliphatic rings. The number of hydrogen-bond donors (Lipinski definition) is 0. The molecule has 29 rings (SSSR count). The van der Waals surface area contributed by atoms with E-state index in [9.17, 15) is 0 Å². The third-order valence-electron chi connectivity index (χ3n) is 29.9. The third kappa shape index (κ3) is 13.4. The summed E-state index contributed by atoms with van der Waals surface area (Å²) < 4.78 is 18.3. The predicted octanol–water partition coefficient (Wildman–Crippen LogP) is 38.5. The molecule has 142 heavy (non-hydrogen) atoms. The third-order valence-corrected chi connectivity index (χ3v) is 29.9. The van der Waals surface area contributed by atoms with Crippen LogP contribution in [0.5, 0.6) is 0 Å². The van der Waals surface area contributed by atoms with Gasteiger partial charge in [-0.3, -0.25) is 0 Å². The molecule has 0 saturated carbocycles. The number of rotatable bonds is 13. The number of benzene rings is 24. The van der Waals surface area contributed by atoms with Gasteiger partial charge in [0.15, 0.2) is 11.2 Å². The monoisotopic (exact) mass is 1810 g/mol. The Morgan fingerprint density at radius 1 is 0.183 bits per heavy atom. The summed E-state index contributed by atoms with van der Waals surface area (Å²) in [6.07, 6.45) is 0. The van der Waals surface area contributed by atoms with Gasteiger partial charge >= 0.3 is 0 Å². The van der Waals surface area contributed by atoms with E-state index in [2.05, 4.69) is 518 Å². The molecule has 0 spiro atoms. The van der Waals surface area contributed by atoms with Gasteiger partial charge in [-0.2, -0.15) is 0 Å². The first-order chi connectivity index (χ1) is 69.7. The van der Waals surface area contributed by atoms with Crippen LogP contribution in [0.1, 0.15) is 32.4 Å². The molecule has 0 aliphatic heterocycles. The number of aromatic nitrogens is 2. The van der Waals surface area contributed by atoms with Crippen LogP contribution in [-0.2, 0) is 5.41 Å². The van der Waals surface area contributed by atoms with Crippen molar-refractivity contribution in [2.24, 2.45) is 0 Å². The summed E-state index contributed by atoms with van der Waals surface area (Å²) in [4.78, 5) is 4.73. The van der Waals surface area contributed by atoms with Gasteiger partial charge in [-0.15, -0.1) is 0 Å². The lowest BCUT2D eigenvalue weighted by Gasteiger charge is -2.26. The summed E-state index contributed by atoms with van der Waals surface area (Å²) in [5, 5.41) is 24.3. The number of hydrogen-bond acceptors (Lipinski definition) is 4. The Kier molecular flexibility index (Phi) is 19.4. The Hall–Kier alpha value is -18.4. The lowest BCUT2D eigenvalue weighted by atomic mass is 9.81. The zero-order chi connectivity index (χ0) is 93.1. The summed E-state index contributed by atoms with van der Waals surface area (Å²) in [5.41, 5.74) is 34.0. The molecule has 6 nitrogen and oxygen atoms in total. The summed E-state index contributed by atoms with van der Waals surface area (Å²) in [6.45, 7) is 4.72. The highest BCUT2D eigenvalue weighted by molar-refractivity contribution is 6.28. The van der Waals surface area contributed by atoms with E-state index < -0.39 is 0 Å². The van der Waals surface area contributed by atoms with Crippen molar-refractivity contribution in [3.05, 3.63) is 509 Å². The maximum atomic E-state index is 6.76. The van der Waals surface area contributed by atoms with Crippen LogP contribution in [0.15, 0.2) is 506 Å². The maximum absolute atomic E-state index is 6.76. The van der Waals surface area contributed by atoms with E-state index in [4.69, 9.17) is 8.83 Å². The fourth-order valence-corrected chi connectivity index (χ4v) is 23.2. The van der Waals surface area contributed by atoms with Crippen LogP contribution >= 0.6 is 0 Å². The van der Waals surface area contributed by atoms with Crippen LogP contribution in [0.25, 0.3) is 230 Å². The zero-order valence-electron chi connectivity index (χ0n) is 77.4. The van der Waals surface area contributed by atoms with E-state index in [1.165, 1.54) is 169 Å². The molecular formula is C136H92N4O2. The SMILES string of the molecule is C.CC1(C)c2ccccc2-c2ccc(-c3ccc4c(c3)c3cc(-c5ccc(N(c6ccc7c8ccccc8c8ccccc8c7c6)c6cccc7c6oc6ccccc67)cc5)ccc3n4-c3ccccc3)cc21.c1ccc(-c2ccc(-c3ccc4c(c3)c3cc(-c5ccc(N(c6ccc7c8ccccc8c8ccccc8c7c6)c6cccc7c6oc6ccccc67)cc5)ccc3n4-c3ccccc3)cc2)cc1. The van der Waals surface area contributed by atoms with Crippen molar-refractivity contribution in [3.8, 4) is 78.1 Å². The second kappa shape index (κ2) is 33.2. The summed E-state index contributed by atoms with van der Waals surface area (Å²) in [5.74, 6) is 0. The Bertz CT molecular complexity index is 9890. The molecular weight excluding hydrogens is 1720 g/mol. The number of nitrogens with zero attached hydrogens (tertiary/aromatic N) is 4. The maximum Gasteiger partial charge on any atom is 0.159 e. The minimum Gasteiger partial charge on any atom is -0.454 e. The normalized spacial score (nSPS) is 12.3. The Morgan fingerprint density at radius 3 is 0.859 bits per heavy atom. The van der Waals surface area contributed by atoms with Gasteiger partial charge < -0.3 is 27.8 Å². The topological polar surface area (TPSA) is 42.6 Å². The minimum absolute atomic E-state index is 0. The Balaban J connectivity index is 0.000000141. The van der Waals surface area contributed by atoms with E-state index in [0.29, 0.717) is 0 Å². The number of para-hydroxylation sites is 6. The van der Waals surface area contributed by atoms with Crippen molar-refractivity contribution < 1.29 is 8.83 Å². The number of furan rings is 2. The zero-order valence-corrected chi connectivity index (χ0v) is 77.4. The summed E-state index contributed by atoms with van der Waals surface area (Å²) in [7, 11) is 0. The molecule has 0 atom stereocenters. The first kappa shape index (κ1) is 83.0. The molecule has 4 aromatic heterocycles. The number of fused-ring (bicyclic) bond motifs is 27. The molecule has 668 valence electrons. The molecule has 6 heteroatoms. The molecule has 0 radical (unpaired) electrons. The molecule has 4 heterocycles. The van der Waals surface area contributed by atoms with Crippen molar-refractivity contribution in [2.75, 3.05) is 9.80 Å². The second-order valence-electron chi connectivity index (χ2n) is 38.1. The van der Waals surface area contributed by atoms with Gasteiger partial charge in [0.05, 0.1) is 33.4 Å². The molecule has 0 N–H and O–H groups in total. The van der Waals surface area contributed by atoms with Crippen LogP contribution in [0, 0.1) is 0 Å². The van der Waals surface area contributed by atoms with E-state index in [0.717, 1.165) is 106 Å². The highest BCUT2D eigenvalue weighted by Crippen LogP contribution is 2.53. The number of anilines is 6.